The zero-order chi connectivity index (χ0) is 20.4. The number of nitrogens with one attached hydrogen (secondary N) is 1. The quantitative estimate of drug-likeness (QED) is 0.442. The molecule has 8 nitrogen and oxygen atoms in total. The first-order valence-corrected chi connectivity index (χ1v) is 8.93. The van der Waals surface area contributed by atoms with E-state index >= 15 is 0 Å². The summed E-state index contributed by atoms with van der Waals surface area (Å²) in [7, 11) is 0. The van der Waals surface area contributed by atoms with Crippen molar-refractivity contribution >= 4 is 46.9 Å². The predicted molar refractivity (Wildman–Crippen MR) is 111 cm³/mol. The number of esters is 1. The van der Waals surface area contributed by atoms with Gasteiger partial charge in [0.1, 0.15) is 0 Å². The van der Waals surface area contributed by atoms with Gasteiger partial charge in [0.05, 0.1) is 6.61 Å². The highest BCUT2D eigenvalue weighted by Crippen LogP contribution is 2.39. The first-order valence-electron chi connectivity index (χ1n) is 8.93. The van der Waals surface area contributed by atoms with E-state index in [9.17, 15) is 9.90 Å². The summed E-state index contributed by atoms with van der Waals surface area (Å²) in [6.07, 6.45) is 4.87. The van der Waals surface area contributed by atoms with Crippen LogP contribution >= 0.6 is 0 Å². The molecule has 0 saturated carbocycles. The van der Waals surface area contributed by atoms with E-state index < -0.39 is 5.97 Å². The minimum absolute atomic E-state index is 0.0684. The molecule has 0 saturated heterocycles. The molecule has 1 aliphatic rings. The van der Waals surface area contributed by atoms with Gasteiger partial charge in [0.25, 0.3) is 0 Å². The molecule has 146 valence electrons. The number of ether oxygens (including phenoxy) is 1. The first-order chi connectivity index (χ1) is 14.1. The molecule has 0 radical (unpaired) electrons. The number of nitrogen functional groups attached to an aromatic ring is 1. The topological polar surface area (TPSA) is 123 Å². The molecule has 3 heterocycles. The summed E-state index contributed by atoms with van der Waals surface area (Å²) in [4.78, 5) is 20.8. The minimum Gasteiger partial charge on any atom is -0.504 e. The number of benzene rings is 1. The number of hydrogen-bond acceptors (Lipinski definition) is 8. The molecule has 3 aromatic rings. The maximum Gasteiger partial charge on any atom is 0.347 e. The maximum absolute atomic E-state index is 12.4. The molecule has 4 N–H and O–H groups in total. The Balaban J connectivity index is 1.76. The van der Waals surface area contributed by atoms with E-state index in [1.165, 1.54) is 0 Å². The number of anilines is 3. The van der Waals surface area contributed by atoms with Crippen molar-refractivity contribution < 1.29 is 19.1 Å². The zero-order valence-electron chi connectivity index (χ0n) is 15.5. The van der Waals surface area contributed by atoms with Gasteiger partial charge < -0.3 is 25.3 Å². The number of fused-ring (bicyclic) bond motifs is 1. The SMILES string of the molecule is CCOC(=O)c1c(Nc2ccc(N)cc2)oc(C=C2C=Nc3ncccc32)c1O. The van der Waals surface area contributed by atoms with Crippen molar-refractivity contribution in [1.29, 1.82) is 0 Å². The van der Waals surface area contributed by atoms with Gasteiger partial charge in [0.15, 0.2) is 22.9 Å². The third-order valence-electron chi connectivity index (χ3n) is 4.27. The number of nitrogens with two attached hydrogens (primary N) is 1. The fourth-order valence-corrected chi connectivity index (χ4v) is 2.90. The number of carbonyl (C=O) groups excluding carboxylic acids is 1. The first kappa shape index (κ1) is 18.3. The van der Waals surface area contributed by atoms with Gasteiger partial charge in [0, 0.05) is 34.9 Å². The van der Waals surface area contributed by atoms with Crippen molar-refractivity contribution in [2.45, 2.75) is 6.92 Å². The smallest absolute Gasteiger partial charge is 0.347 e. The molecule has 0 amide bonds. The second-order valence-corrected chi connectivity index (χ2v) is 6.22. The van der Waals surface area contributed by atoms with Gasteiger partial charge >= 0.3 is 5.97 Å². The summed E-state index contributed by atoms with van der Waals surface area (Å²) < 4.78 is 10.8. The second-order valence-electron chi connectivity index (χ2n) is 6.22. The molecule has 29 heavy (non-hydrogen) atoms. The number of carbonyl (C=O) groups is 1. The normalized spacial score (nSPS) is 13.5. The monoisotopic (exact) mass is 390 g/mol. The van der Waals surface area contributed by atoms with Crippen LogP contribution in [0.15, 0.2) is 52.0 Å². The number of aromatic hydroxyl groups is 1. The largest absolute Gasteiger partial charge is 0.504 e. The van der Waals surface area contributed by atoms with Crippen molar-refractivity contribution in [3.05, 3.63) is 59.5 Å². The Hall–Kier alpha value is -4.07. The van der Waals surface area contributed by atoms with Gasteiger partial charge in [-0.25, -0.2) is 14.8 Å². The minimum atomic E-state index is -0.696. The summed E-state index contributed by atoms with van der Waals surface area (Å²) in [6.45, 7) is 1.84. The number of aromatic nitrogens is 1. The molecule has 8 heteroatoms. The average molecular weight is 390 g/mol. The fraction of sp³-hybridized carbons (Fsp3) is 0.0952. The van der Waals surface area contributed by atoms with Crippen LogP contribution in [-0.2, 0) is 4.74 Å². The van der Waals surface area contributed by atoms with Crippen LogP contribution in [-0.4, -0.2) is 28.9 Å². The molecule has 1 aromatic carbocycles. The third-order valence-corrected chi connectivity index (χ3v) is 4.27. The summed E-state index contributed by atoms with van der Waals surface area (Å²) in [5.41, 5.74) is 8.35. The number of hydrogen-bond donors (Lipinski definition) is 3. The van der Waals surface area contributed by atoms with Gasteiger partial charge in [0.2, 0.25) is 5.88 Å². The standard InChI is InChI=1S/C21H18N4O4/c1-2-28-21(27)17-18(26)16(10-12-11-24-19-15(12)4-3-9-23-19)29-20(17)25-14-7-5-13(22)6-8-14/h3-11,25-26H,2,22H2,1H3. The van der Waals surface area contributed by atoms with Gasteiger partial charge in [-0.3, -0.25) is 0 Å². The summed E-state index contributed by atoms with van der Waals surface area (Å²) in [5, 5.41) is 13.7. The molecule has 2 aromatic heterocycles. The van der Waals surface area contributed by atoms with Crippen LogP contribution in [0.5, 0.6) is 5.75 Å². The predicted octanol–water partition coefficient (Wildman–Crippen LogP) is 4.14. The van der Waals surface area contributed by atoms with Crippen LogP contribution in [0, 0.1) is 0 Å². The van der Waals surface area contributed by atoms with Crippen molar-refractivity contribution in [3.63, 3.8) is 0 Å². The lowest BCUT2D eigenvalue weighted by atomic mass is 10.1. The Morgan fingerprint density at radius 1 is 1.31 bits per heavy atom. The fourth-order valence-electron chi connectivity index (χ4n) is 2.90. The van der Waals surface area contributed by atoms with E-state index in [4.69, 9.17) is 14.9 Å². The van der Waals surface area contributed by atoms with Crippen molar-refractivity contribution in [1.82, 2.24) is 4.98 Å². The number of aliphatic imine (C=N–C) groups is 1. The highest BCUT2D eigenvalue weighted by molar-refractivity contribution is 6.21. The molecule has 0 unspecified atom stereocenters. The van der Waals surface area contributed by atoms with Crippen LogP contribution in [0.1, 0.15) is 28.6 Å². The molecule has 0 aliphatic carbocycles. The van der Waals surface area contributed by atoms with E-state index in [-0.39, 0.29) is 29.6 Å². The van der Waals surface area contributed by atoms with Crippen LogP contribution in [0.4, 0.5) is 23.1 Å². The van der Waals surface area contributed by atoms with E-state index in [0.29, 0.717) is 22.8 Å². The molecule has 0 fully saturated rings. The number of pyridine rings is 1. The Morgan fingerprint density at radius 3 is 2.86 bits per heavy atom. The molecule has 0 spiro atoms. The van der Waals surface area contributed by atoms with Crippen molar-refractivity contribution in [2.24, 2.45) is 4.99 Å². The van der Waals surface area contributed by atoms with E-state index in [0.717, 1.165) is 5.56 Å². The Kier molecular flexibility index (Phi) is 4.74. The lowest BCUT2D eigenvalue weighted by molar-refractivity contribution is 0.0524. The van der Waals surface area contributed by atoms with Crippen LogP contribution in [0.2, 0.25) is 0 Å². The molecule has 4 rings (SSSR count). The summed E-state index contributed by atoms with van der Waals surface area (Å²) >= 11 is 0. The highest BCUT2D eigenvalue weighted by Gasteiger charge is 2.27. The van der Waals surface area contributed by atoms with E-state index in [2.05, 4.69) is 15.3 Å². The number of rotatable bonds is 5. The lowest BCUT2D eigenvalue weighted by Crippen LogP contribution is -2.06. The van der Waals surface area contributed by atoms with Crippen LogP contribution in [0.25, 0.3) is 11.6 Å². The van der Waals surface area contributed by atoms with Gasteiger partial charge in [-0.15, -0.1) is 0 Å². The molecule has 0 atom stereocenters. The van der Waals surface area contributed by atoms with Gasteiger partial charge in [-0.1, -0.05) is 0 Å². The Morgan fingerprint density at radius 2 is 2.10 bits per heavy atom. The van der Waals surface area contributed by atoms with Crippen LogP contribution < -0.4 is 11.1 Å². The number of furan rings is 1. The van der Waals surface area contributed by atoms with Crippen molar-refractivity contribution in [2.75, 3.05) is 17.7 Å². The number of nitrogens with zero attached hydrogens (tertiary/aromatic N) is 2. The van der Waals surface area contributed by atoms with E-state index in [1.807, 2.05) is 6.07 Å². The lowest BCUT2D eigenvalue weighted by Gasteiger charge is -2.06. The van der Waals surface area contributed by atoms with Gasteiger partial charge in [-0.05, 0) is 49.4 Å². The maximum atomic E-state index is 12.4. The number of allylic oxidation sites excluding steroid dienone is 1. The Bertz CT molecular complexity index is 1130. The zero-order valence-corrected chi connectivity index (χ0v) is 15.5. The highest BCUT2D eigenvalue weighted by atomic mass is 16.5. The molecule has 0 bridgehead atoms. The summed E-state index contributed by atoms with van der Waals surface area (Å²) in [6, 6.07) is 10.5. The Labute approximate surface area is 166 Å². The second kappa shape index (κ2) is 7.51. The molecule has 1 aliphatic heterocycles. The van der Waals surface area contributed by atoms with Crippen LogP contribution in [0.3, 0.4) is 0 Å². The van der Waals surface area contributed by atoms with E-state index in [1.54, 1.807) is 55.7 Å². The summed E-state index contributed by atoms with van der Waals surface area (Å²) in [5.74, 6) is -0.267. The van der Waals surface area contributed by atoms with Crippen molar-refractivity contribution in [3.8, 4) is 5.75 Å². The molecular weight excluding hydrogens is 372 g/mol. The third kappa shape index (κ3) is 3.55. The average Bonchev–Trinajstić information content (AvgIpc) is 3.25. The molecular formula is C21H18N4O4. The van der Waals surface area contributed by atoms with Gasteiger partial charge in [-0.2, -0.15) is 0 Å².